The summed E-state index contributed by atoms with van der Waals surface area (Å²) in [5, 5.41) is 2.02. The summed E-state index contributed by atoms with van der Waals surface area (Å²) < 4.78 is 5.15. The monoisotopic (exact) mass is 227 g/mol. The lowest BCUT2D eigenvalue weighted by Gasteiger charge is -2.04. The fourth-order valence-electron chi connectivity index (χ4n) is 1.62. The molecule has 0 atom stereocenters. The average molecular weight is 227 g/mol. The molecule has 0 amide bonds. The van der Waals surface area contributed by atoms with Gasteiger partial charge in [0.2, 0.25) is 0 Å². The highest BCUT2D eigenvalue weighted by Gasteiger charge is 2.07. The molecule has 2 rings (SSSR count). The second-order valence-electron chi connectivity index (χ2n) is 3.95. The van der Waals surface area contributed by atoms with E-state index in [0.29, 0.717) is 12.2 Å². The van der Waals surface area contributed by atoms with Crippen molar-refractivity contribution in [1.82, 2.24) is 0 Å². The van der Waals surface area contributed by atoms with E-state index < -0.39 is 0 Å². The van der Waals surface area contributed by atoms with E-state index in [-0.39, 0.29) is 5.97 Å². The van der Waals surface area contributed by atoms with Gasteiger partial charge in [-0.25, -0.2) is 4.79 Å². The van der Waals surface area contributed by atoms with Crippen LogP contribution in [0.2, 0.25) is 0 Å². The Morgan fingerprint density at radius 1 is 1.24 bits per heavy atom. The summed E-state index contributed by atoms with van der Waals surface area (Å²) in [5.41, 5.74) is 0.500. The number of carbonyl (C=O) groups is 1. The molecule has 0 aliphatic rings. The van der Waals surface area contributed by atoms with Gasteiger partial charge in [-0.2, -0.15) is 0 Å². The fraction of sp³-hybridized carbons (Fsp3) is 0.267. The number of hydrogen-bond donors (Lipinski definition) is 0. The van der Waals surface area contributed by atoms with Crippen molar-refractivity contribution in [3.05, 3.63) is 48.0 Å². The van der Waals surface area contributed by atoms with Gasteiger partial charge in [0.15, 0.2) is 0 Å². The number of fused-ring (bicyclic) bond motifs is 1. The van der Waals surface area contributed by atoms with Crippen LogP contribution in [0.15, 0.2) is 36.4 Å². The number of esters is 1. The molecule has 0 fully saturated rings. The molecule has 0 saturated carbocycles. The fourth-order valence-corrected chi connectivity index (χ4v) is 1.62. The van der Waals surface area contributed by atoms with E-state index in [0.717, 1.165) is 23.6 Å². The Kier molecular flexibility index (Phi) is 3.76. The molecule has 0 spiro atoms. The molecule has 2 heteroatoms. The van der Waals surface area contributed by atoms with Crippen LogP contribution >= 0.6 is 0 Å². The normalized spacial score (nSPS) is 10.4. The predicted molar refractivity (Wildman–Crippen MR) is 68.0 cm³/mol. The van der Waals surface area contributed by atoms with Crippen LogP contribution in [0.4, 0.5) is 0 Å². The van der Waals surface area contributed by atoms with Gasteiger partial charge in [-0.15, -0.1) is 0 Å². The zero-order chi connectivity index (χ0) is 12.1. The summed E-state index contributed by atoms with van der Waals surface area (Å²) in [4.78, 5) is 11.7. The third kappa shape index (κ3) is 2.84. The van der Waals surface area contributed by atoms with Gasteiger partial charge in [0.05, 0.1) is 12.2 Å². The Balaban J connectivity index is 2.15. The van der Waals surface area contributed by atoms with Crippen molar-refractivity contribution >= 4 is 16.7 Å². The van der Waals surface area contributed by atoms with E-state index >= 15 is 0 Å². The molecule has 0 aliphatic carbocycles. The second kappa shape index (κ2) is 5.48. The summed E-state index contributed by atoms with van der Waals surface area (Å²) in [6, 6.07) is 14.6. The van der Waals surface area contributed by atoms with Crippen molar-refractivity contribution < 1.29 is 9.53 Å². The molecular formula is C15H15O2. The first kappa shape index (κ1) is 11.6. The molecule has 87 valence electrons. The second-order valence-corrected chi connectivity index (χ2v) is 3.95. The Morgan fingerprint density at radius 3 is 2.88 bits per heavy atom. The van der Waals surface area contributed by atoms with Crippen molar-refractivity contribution in [1.29, 1.82) is 0 Å². The van der Waals surface area contributed by atoms with Crippen LogP contribution in [0, 0.1) is 6.07 Å². The Morgan fingerprint density at radius 2 is 2.06 bits per heavy atom. The van der Waals surface area contributed by atoms with Crippen LogP contribution in [0.3, 0.4) is 0 Å². The van der Waals surface area contributed by atoms with Gasteiger partial charge in [-0.1, -0.05) is 43.7 Å². The third-order valence-corrected chi connectivity index (χ3v) is 2.61. The molecule has 0 saturated heterocycles. The van der Waals surface area contributed by atoms with E-state index in [1.54, 1.807) is 6.07 Å². The van der Waals surface area contributed by atoms with Crippen LogP contribution in [-0.4, -0.2) is 12.6 Å². The maximum absolute atomic E-state index is 11.7. The van der Waals surface area contributed by atoms with Crippen molar-refractivity contribution in [2.24, 2.45) is 0 Å². The lowest BCUT2D eigenvalue weighted by atomic mass is 10.1. The van der Waals surface area contributed by atoms with Gasteiger partial charge >= 0.3 is 5.97 Å². The molecule has 2 aromatic carbocycles. The molecule has 2 aromatic rings. The van der Waals surface area contributed by atoms with Gasteiger partial charge in [-0.05, 0) is 23.3 Å². The third-order valence-electron chi connectivity index (χ3n) is 2.61. The number of carbonyl (C=O) groups excluding carboxylic acids is 1. The van der Waals surface area contributed by atoms with Crippen molar-refractivity contribution in [2.45, 2.75) is 19.8 Å². The SMILES string of the molecule is CCCCOC(=O)c1[c]c2ccccc2cc1. The standard InChI is InChI=1S/C15H15O2/c1-2-3-10-17-15(16)14-9-8-12-6-4-5-7-13(12)11-14/h4-9H,2-3,10H2,1H3. The van der Waals surface area contributed by atoms with Crippen molar-refractivity contribution in [2.75, 3.05) is 6.61 Å². The lowest BCUT2D eigenvalue weighted by molar-refractivity contribution is 0.0499. The smallest absolute Gasteiger partial charge is 0.338 e. The predicted octanol–water partition coefficient (Wildman–Crippen LogP) is 3.60. The number of ether oxygens (including phenoxy) is 1. The van der Waals surface area contributed by atoms with Crippen molar-refractivity contribution in [3.63, 3.8) is 0 Å². The molecule has 0 heterocycles. The first-order chi connectivity index (χ1) is 8.31. The molecular weight excluding hydrogens is 212 g/mol. The summed E-state index contributed by atoms with van der Waals surface area (Å²) in [7, 11) is 0. The number of benzene rings is 2. The van der Waals surface area contributed by atoms with E-state index in [1.807, 2.05) is 30.3 Å². The van der Waals surface area contributed by atoms with E-state index in [9.17, 15) is 4.79 Å². The maximum atomic E-state index is 11.7. The quantitative estimate of drug-likeness (QED) is 0.589. The molecule has 1 radical (unpaired) electrons. The highest BCUT2D eigenvalue weighted by Crippen LogP contribution is 2.15. The van der Waals surface area contributed by atoms with E-state index in [4.69, 9.17) is 4.74 Å². The number of rotatable bonds is 4. The van der Waals surface area contributed by atoms with E-state index in [2.05, 4.69) is 13.0 Å². The summed E-state index contributed by atoms with van der Waals surface area (Å²) in [5.74, 6) is -0.288. The highest BCUT2D eigenvalue weighted by atomic mass is 16.5. The molecule has 0 aliphatic heterocycles. The topological polar surface area (TPSA) is 26.3 Å². The minimum atomic E-state index is -0.288. The molecule has 0 bridgehead atoms. The van der Waals surface area contributed by atoms with Crippen LogP contribution in [0.1, 0.15) is 30.1 Å². The maximum Gasteiger partial charge on any atom is 0.338 e. The van der Waals surface area contributed by atoms with Crippen LogP contribution in [0.5, 0.6) is 0 Å². The van der Waals surface area contributed by atoms with Crippen LogP contribution in [0.25, 0.3) is 10.8 Å². The van der Waals surface area contributed by atoms with Crippen molar-refractivity contribution in [3.8, 4) is 0 Å². The summed E-state index contributed by atoms with van der Waals surface area (Å²) in [6.07, 6.45) is 1.92. The Labute approximate surface area is 101 Å². The minimum absolute atomic E-state index is 0.288. The first-order valence-corrected chi connectivity index (χ1v) is 5.89. The average Bonchev–Trinajstić information content (AvgIpc) is 2.38. The summed E-state index contributed by atoms with van der Waals surface area (Å²) >= 11 is 0. The Hall–Kier alpha value is -1.83. The van der Waals surface area contributed by atoms with E-state index in [1.165, 1.54) is 0 Å². The van der Waals surface area contributed by atoms with Gasteiger partial charge < -0.3 is 4.74 Å². The lowest BCUT2D eigenvalue weighted by Crippen LogP contribution is -2.06. The molecule has 0 unspecified atom stereocenters. The zero-order valence-corrected chi connectivity index (χ0v) is 9.90. The molecule has 17 heavy (non-hydrogen) atoms. The van der Waals surface area contributed by atoms with Crippen LogP contribution in [-0.2, 0) is 4.74 Å². The summed E-state index contributed by atoms with van der Waals surface area (Å²) in [6.45, 7) is 2.55. The van der Waals surface area contributed by atoms with Gasteiger partial charge in [0.25, 0.3) is 0 Å². The number of unbranched alkanes of at least 4 members (excludes halogenated alkanes) is 1. The minimum Gasteiger partial charge on any atom is -0.462 e. The first-order valence-electron chi connectivity index (χ1n) is 5.89. The van der Waals surface area contributed by atoms with Gasteiger partial charge in [0, 0.05) is 6.07 Å². The molecule has 0 N–H and O–H groups in total. The largest absolute Gasteiger partial charge is 0.462 e. The van der Waals surface area contributed by atoms with Gasteiger partial charge in [0.1, 0.15) is 0 Å². The Bertz CT molecular complexity index is 517. The molecule has 0 aromatic heterocycles. The van der Waals surface area contributed by atoms with Gasteiger partial charge in [-0.3, -0.25) is 0 Å². The highest BCUT2D eigenvalue weighted by molar-refractivity contribution is 5.94. The zero-order valence-electron chi connectivity index (χ0n) is 9.90. The van der Waals surface area contributed by atoms with Crippen LogP contribution < -0.4 is 0 Å². The molecule has 2 nitrogen and oxygen atoms in total. The number of hydrogen-bond acceptors (Lipinski definition) is 2.